The lowest BCUT2D eigenvalue weighted by atomic mass is 10.1. The Hall–Kier alpha value is -0.820. The van der Waals surface area contributed by atoms with Gasteiger partial charge in [0.05, 0.1) is 6.10 Å². The zero-order valence-electron chi connectivity index (χ0n) is 8.37. The Balaban J connectivity index is 0.000000561. The Morgan fingerprint density at radius 1 is 1.08 bits per heavy atom. The average Bonchev–Trinajstić information content (AvgIpc) is 2.21. The van der Waals surface area contributed by atoms with Gasteiger partial charge in [-0.3, -0.25) is 0 Å². The summed E-state index contributed by atoms with van der Waals surface area (Å²) in [5, 5.41) is 0. The van der Waals surface area contributed by atoms with Gasteiger partial charge >= 0.3 is 0 Å². The highest BCUT2D eigenvalue weighted by molar-refractivity contribution is 5.16. The van der Waals surface area contributed by atoms with Crippen molar-refractivity contribution in [3.8, 4) is 0 Å². The van der Waals surface area contributed by atoms with Gasteiger partial charge in [-0.15, -0.1) is 0 Å². The van der Waals surface area contributed by atoms with Crippen LogP contribution in [0.5, 0.6) is 0 Å². The molecule has 68 valence electrons. The number of hydrogen-bond acceptors (Lipinski definition) is 1. The molecule has 0 amide bonds. The summed E-state index contributed by atoms with van der Waals surface area (Å²) in [6, 6.07) is 10.2. The summed E-state index contributed by atoms with van der Waals surface area (Å²) in [7, 11) is 1.72. The molecular formula is C11H18O. The molecule has 0 aliphatic carbocycles. The van der Waals surface area contributed by atoms with Crippen molar-refractivity contribution in [1.82, 2.24) is 0 Å². The van der Waals surface area contributed by atoms with Gasteiger partial charge in [0, 0.05) is 7.11 Å². The Kier molecular flexibility index (Phi) is 6.39. The first kappa shape index (κ1) is 11.2. The molecule has 0 aromatic heterocycles. The minimum Gasteiger partial charge on any atom is -0.377 e. The highest BCUT2D eigenvalue weighted by Crippen LogP contribution is 2.13. The van der Waals surface area contributed by atoms with Crippen molar-refractivity contribution in [1.29, 1.82) is 0 Å². The summed E-state index contributed by atoms with van der Waals surface area (Å²) >= 11 is 0. The van der Waals surface area contributed by atoms with E-state index in [-0.39, 0.29) is 6.10 Å². The van der Waals surface area contributed by atoms with Crippen molar-refractivity contribution >= 4 is 0 Å². The number of benzene rings is 1. The third-order valence-corrected chi connectivity index (χ3v) is 1.62. The molecule has 0 spiro atoms. The maximum Gasteiger partial charge on any atom is 0.0793 e. The van der Waals surface area contributed by atoms with E-state index in [1.807, 2.05) is 39.0 Å². The summed E-state index contributed by atoms with van der Waals surface area (Å²) in [6.07, 6.45) is 0.209. The van der Waals surface area contributed by atoms with Crippen molar-refractivity contribution in [2.24, 2.45) is 0 Å². The predicted molar refractivity (Wildman–Crippen MR) is 53.2 cm³/mol. The minimum atomic E-state index is 0.209. The normalized spacial score (nSPS) is 11.3. The highest BCUT2D eigenvalue weighted by Gasteiger charge is 1.99. The van der Waals surface area contributed by atoms with Gasteiger partial charge in [0.1, 0.15) is 0 Å². The predicted octanol–water partition coefficient (Wildman–Crippen LogP) is 3.42. The highest BCUT2D eigenvalue weighted by atomic mass is 16.5. The van der Waals surface area contributed by atoms with Gasteiger partial charge < -0.3 is 4.74 Å². The summed E-state index contributed by atoms with van der Waals surface area (Å²) < 4.78 is 5.14. The van der Waals surface area contributed by atoms with Crippen molar-refractivity contribution in [2.45, 2.75) is 26.9 Å². The molecule has 0 heterocycles. The Morgan fingerprint density at radius 2 is 1.58 bits per heavy atom. The number of methoxy groups -OCH3 is 1. The molecule has 1 unspecified atom stereocenters. The van der Waals surface area contributed by atoms with Crippen LogP contribution in [0.1, 0.15) is 32.4 Å². The molecule has 1 atom stereocenters. The molecule has 0 aliphatic rings. The van der Waals surface area contributed by atoms with Crippen LogP contribution < -0.4 is 0 Å². The van der Waals surface area contributed by atoms with Gasteiger partial charge in [-0.1, -0.05) is 44.2 Å². The zero-order valence-corrected chi connectivity index (χ0v) is 8.37. The first-order valence-electron chi connectivity index (χ1n) is 4.42. The van der Waals surface area contributed by atoms with E-state index in [1.54, 1.807) is 7.11 Å². The maximum atomic E-state index is 5.14. The Labute approximate surface area is 75.4 Å². The largest absolute Gasteiger partial charge is 0.377 e. The summed E-state index contributed by atoms with van der Waals surface area (Å²) in [5.41, 5.74) is 1.23. The second kappa shape index (κ2) is 6.86. The molecule has 1 aromatic rings. The molecular weight excluding hydrogens is 148 g/mol. The number of hydrogen-bond donors (Lipinski definition) is 0. The van der Waals surface area contributed by atoms with Crippen molar-refractivity contribution in [3.05, 3.63) is 35.9 Å². The maximum absolute atomic E-state index is 5.14. The third kappa shape index (κ3) is 3.54. The first-order valence-corrected chi connectivity index (χ1v) is 4.42. The average molecular weight is 166 g/mol. The second-order valence-corrected chi connectivity index (χ2v) is 2.29. The fourth-order valence-electron chi connectivity index (χ4n) is 0.860. The van der Waals surface area contributed by atoms with E-state index < -0.39 is 0 Å². The summed E-state index contributed by atoms with van der Waals surface area (Å²) in [4.78, 5) is 0. The molecule has 0 aliphatic heterocycles. The molecule has 1 nitrogen and oxygen atoms in total. The zero-order chi connectivity index (χ0) is 9.40. The molecule has 0 saturated carbocycles. The SMILES string of the molecule is CC.COC(C)c1ccccc1. The van der Waals surface area contributed by atoms with E-state index in [2.05, 4.69) is 12.1 Å². The molecule has 1 rings (SSSR count). The molecule has 1 aromatic carbocycles. The van der Waals surface area contributed by atoms with Crippen molar-refractivity contribution in [2.75, 3.05) is 7.11 Å². The molecule has 0 saturated heterocycles. The monoisotopic (exact) mass is 166 g/mol. The van der Waals surface area contributed by atoms with Gasteiger partial charge in [0.25, 0.3) is 0 Å². The number of rotatable bonds is 2. The van der Waals surface area contributed by atoms with Crippen LogP contribution in [0.25, 0.3) is 0 Å². The fraction of sp³-hybridized carbons (Fsp3) is 0.455. The van der Waals surface area contributed by atoms with Crippen LogP contribution in [0.2, 0.25) is 0 Å². The first-order chi connectivity index (χ1) is 5.84. The van der Waals surface area contributed by atoms with E-state index in [0.29, 0.717) is 0 Å². The molecule has 0 fully saturated rings. The van der Waals surface area contributed by atoms with E-state index in [1.165, 1.54) is 5.56 Å². The molecule has 0 radical (unpaired) electrons. The van der Waals surface area contributed by atoms with Crippen LogP contribution in [0.4, 0.5) is 0 Å². The lowest BCUT2D eigenvalue weighted by molar-refractivity contribution is 0.119. The van der Waals surface area contributed by atoms with E-state index >= 15 is 0 Å². The van der Waals surface area contributed by atoms with Crippen LogP contribution in [0, 0.1) is 0 Å². The minimum absolute atomic E-state index is 0.209. The van der Waals surface area contributed by atoms with Crippen LogP contribution in [0.3, 0.4) is 0 Å². The van der Waals surface area contributed by atoms with Gasteiger partial charge in [0.2, 0.25) is 0 Å². The standard InChI is InChI=1S/C9H12O.C2H6/c1-8(10-2)9-6-4-3-5-7-9;1-2/h3-8H,1-2H3;1-2H3. The smallest absolute Gasteiger partial charge is 0.0793 e. The van der Waals surface area contributed by atoms with Crippen molar-refractivity contribution in [3.63, 3.8) is 0 Å². The van der Waals surface area contributed by atoms with Crippen LogP contribution in [-0.4, -0.2) is 7.11 Å². The third-order valence-electron chi connectivity index (χ3n) is 1.62. The van der Waals surface area contributed by atoms with Crippen LogP contribution in [-0.2, 0) is 4.74 Å². The summed E-state index contributed by atoms with van der Waals surface area (Å²) in [5.74, 6) is 0. The fourth-order valence-corrected chi connectivity index (χ4v) is 0.860. The quantitative estimate of drug-likeness (QED) is 0.654. The van der Waals surface area contributed by atoms with Crippen molar-refractivity contribution < 1.29 is 4.74 Å². The van der Waals surface area contributed by atoms with Gasteiger partial charge in [-0.05, 0) is 12.5 Å². The lowest BCUT2D eigenvalue weighted by Gasteiger charge is -2.07. The van der Waals surface area contributed by atoms with Crippen LogP contribution >= 0.6 is 0 Å². The number of ether oxygens (including phenoxy) is 1. The second-order valence-electron chi connectivity index (χ2n) is 2.29. The van der Waals surface area contributed by atoms with E-state index in [9.17, 15) is 0 Å². The van der Waals surface area contributed by atoms with Gasteiger partial charge in [0.15, 0.2) is 0 Å². The van der Waals surface area contributed by atoms with Crippen LogP contribution in [0.15, 0.2) is 30.3 Å². The Morgan fingerprint density at radius 3 is 2.00 bits per heavy atom. The molecule has 1 heteroatoms. The van der Waals surface area contributed by atoms with E-state index in [4.69, 9.17) is 4.74 Å². The lowest BCUT2D eigenvalue weighted by Crippen LogP contribution is -1.93. The summed E-state index contributed by atoms with van der Waals surface area (Å²) in [6.45, 7) is 6.04. The van der Waals surface area contributed by atoms with E-state index in [0.717, 1.165) is 0 Å². The Bertz CT molecular complexity index is 181. The molecule has 12 heavy (non-hydrogen) atoms. The molecule has 0 N–H and O–H groups in total. The topological polar surface area (TPSA) is 9.23 Å². The van der Waals surface area contributed by atoms with Gasteiger partial charge in [-0.25, -0.2) is 0 Å². The van der Waals surface area contributed by atoms with Gasteiger partial charge in [-0.2, -0.15) is 0 Å². The molecule has 0 bridgehead atoms.